The SMILES string of the molecule is CC1(C)OB(C(=Cc2cccc(N)n2)CN)OC1(C)C. The van der Waals surface area contributed by atoms with Crippen molar-refractivity contribution >= 4 is 19.0 Å². The van der Waals surface area contributed by atoms with Gasteiger partial charge in [-0.3, -0.25) is 0 Å². The molecule has 0 bridgehead atoms. The summed E-state index contributed by atoms with van der Waals surface area (Å²) in [6, 6.07) is 5.47. The molecule has 1 fully saturated rings. The van der Waals surface area contributed by atoms with Crippen molar-refractivity contribution in [1.82, 2.24) is 4.98 Å². The lowest BCUT2D eigenvalue weighted by atomic mass is 9.77. The standard InChI is InChI=1S/C14H22BN3O2/c1-13(2)14(3,4)20-15(19-13)10(9-16)8-11-6-5-7-12(17)18-11/h5-8H,9,16H2,1-4H3,(H2,17,18). The van der Waals surface area contributed by atoms with Crippen LogP contribution in [-0.4, -0.2) is 29.8 Å². The van der Waals surface area contributed by atoms with E-state index in [0.29, 0.717) is 12.4 Å². The second kappa shape index (κ2) is 5.20. The fourth-order valence-electron chi connectivity index (χ4n) is 1.96. The number of pyridine rings is 1. The van der Waals surface area contributed by atoms with Gasteiger partial charge in [-0.25, -0.2) is 4.98 Å². The molecule has 20 heavy (non-hydrogen) atoms. The monoisotopic (exact) mass is 275 g/mol. The van der Waals surface area contributed by atoms with E-state index in [1.807, 2.05) is 45.9 Å². The number of nitrogens with two attached hydrogens (primary N) is 2. The van der Waals surface area contributed by atoms with Crippen LogP contribution in [0.1, 0.15) is 33.4 Å². The molecule has 0 saturated carbocycles. The van der Waals surface area contributed by atoms with Gasteiger partial charge in [-0.2, -0.15) is 0 Å². The Bertz CT molecular complexity index is 513. The molecule has 5 nitrogen and oxygen atoms in total. The van der Waals surface area contributed by atoms with Gasteiger partial charge in [0.25, 0.3) is 0 Å². The number of anilines is 1. The molecular weight excluding hydrogens is 253 g/mol. The smallest absolute Gasteiger partial charge is 0.400 e. The number of hydrogen-bond acceptors (Lipinski definition) is 5. The maximum absolute atomic E-state index is 5.99. The Kier molecular flexibility index (Phi) is 3.91. The molecule has 4 N–H and O–H groups in total. The summed E-state index contributed by atoms with van der Waals surface area (Å²) in [6.45, 7) is 8.40. The van der Waals surface area contributed by atoms with Crippen molar-refractivity contribution in [2.75, 3.05) is 12.3 Å². The zero-order valence-electron chi connectivity index (χ0n) is 12.5. The second-order valence-electron chi connectivity index (χ2n) is 6.00. The summed E-state index contributed by atoms with van der Waals surface area (Å²) in [4.78, 5) is 4.24. The molecule has 108 valence electrons. The molecule has 0 unspecified atom stereocenters. The topological polar surface area (TPSA) is 83.4 Å². The summed E-state index contributed by atoms with van der Waals surface area (Å²) in [7, 11) is -0.451. The predicted molar refractivity (Wildman–Crippen MR) is 81.8 cm³/mol. The van der Waals surface area contributed by atoms with Crippen molar-refractivity contribution in [1.29, 1.82) is 0 Å². The van der Waals surface area contributed by atoms with Crippen LogP contribution in [0.2, 0.25) is 0 Å². The second-order valence-corrected chi connectivity index (χ2v) is 6.00. The van der Waals surface area contributed by atoms with Crippen LogP contribution in [0, 0.1) is 0 Å². The molecule has 0 atom stereocenters. The van der Waals surface area contributed by atoms with E-state index in [4.69, 9.17) is 20.8 Å². The fraction of sp³-hybridized carbons (Fsp3) is 0.500. The van der Waals surface area contributed by atoms with E-state index in [1.54, 1.807) is 6.07 Å². The third kappa shape index (κ3) is 2.87. The number of nitrogen functional groups attached to an aromatic ring is 1. The zero-order chi connectivity index (χ0) is 15.0. The minimum absolute atomic E-state index is 0.341. The maximum atomic E-state index is 5.99. The molecule has 6 heteroatoms. The quantitative estimate of drug-likeness (QED) is 0.819. The normalized spacial score (nSPS) is 21.2. The van der Waals surface area contributed by atoms with Crippen LogP contribution in [0.3, 0.4) is 0 Å². The molecule has 1 aromatic rings. The Labute approximate surface area is 120 Å². The van der Waals surface area contributed by atoms with E-state index in [0.717, 1.165) is 11.2 Å². The van der Waals surface area contributed by atoms with Crippen LogP contribution in [0.5, 0.6) is 0 Å². The van der Waals surface area contributed by atoms with Crippen LogP contribution < -0.4 is 11.5 Å². The third-order valence-corrected chi connectivity index (χ3v) is 3.92. The van der Waals surface area contributed by atoms with Crippen LogP contribution in [0.15, 0.2) is 23.7 Å². The Hall–Kier alpha value is -1.37. The summed E-state index contributed by atoms with van der Waals surface area (Å²) in [6.07, 6.45) is 1.87. The first kappa shape index (κ1) is 15.0. The van der Waals surface area contributed by atoms with Crippen LogP contribution in [-0.2, 0) is 9.31 Å². The van der Waals surface area contributed by atoms with E-state index in [2.05, 4.69) is 4.98 Å². The molecule has 1 aliphatic heterocycles. The highest BCUT2D eigenvalue weighted by Gasteiger charge is 2.52. The number of nitrogens with zero attached hydrogens (tertiary/aromatic N) is 1. The molecule has 0 spiro atoms. The molecule has 1 aromatic heterocycles. The molecule has 1 aliphatic rings. The first-order chi connectivity index (χ1) is 9.25. The number of hydrogen-bond donors (Lipinski definition) is 2. The Morgan fingerprint density at radius 2 is 1.85 bits per heavy atom. The van der Waals surface area contributed by atoms with Gasteiger partial charge >= 0.3 is 7.12 Å². The highest BCUT2D eigenvalue weighted by atomic mass is 16.7. The van der Waals surface area contributed by atoms with Crippen molar-refractivity contribution in [3.63, 3.8) is 0 Å². The van der Waals surface area contributed by atoms with E-state index < -0.39 is 7.12 Å². The molecule has 2 heterocycles. The van der Waals surface area contributed by atoms with Crippen molar-refractivity contribution < 1.29 is 9.31 Å². The van der Waals surface area contributed by atoms with Crippen LogP contribution in [0.4, 0.5) is 5.82 Å². The molecule has 0 aliphatic carbocycles. The largest absolute Gasteiger partial charge is 0.491 e. The summed E-state index contributed by atoms with van der Waals surface area (Å²) < 4.78 is 12.0. The average Bonchev–Trinajstić information content (AvgIpc) is 2.55. The van der Waals surface area contributed by atoms with Gasteiger partial charge in [0.15, 0.2) is 0 Å². The summed E-state index contributed by atoms with van der Waals surface area (Å²) >= 11 is 0. The summed E-state index contributed by atoms with van der Waals surface area (Å²) in [5.74, 6) is 0.476. The average molecular weight is 275 g/mol. The lowest BCUT2D eigenvalue weighted by Gasteiger charge is -2.32. The number of rotatable bonds is 3. The van der Waals surface area contributed by atoms with Gasteiger partial charge in [-0.15, -0.1) is 0 Å². The van der Waals surface area contributed by atoms with Gasteiger partial charge in [0.05, 0.1) is 16.9 Å². The molecule has 0 aromatic carbocycles. The van der Waals surface area contributed by atoms with Crippen LogP contribution >= 0.6 is 0 Å². The first-order valence-corrected chi connectivity index (χ1v) is 6.74. The van der Waals surface area contributed by atoms with Crippen LogP contribution in [0.25, 0.3) is 6.08 Å². The summed E-state index contributed by atoms with van der Waals surface area (Å²) in [5.41, 5.74) is 12.3. The van der Waals surface area contributed by atoms with Crippen molar-refractivity contribution in [3.8, 4) is 0 Å². The molecule has 1 saturated heterocycles. The summed E-state index contributed by atoms with van der Waals surface area (Å²) in [5, 5.41) is 0. The molecular formula is C14H22BN3O2. The van der Waals surface area contributed by atoms with Gasteiger partial charge in [0.1, 0.15) is 5.82 Å². The Morgan fingerprint density at radius 3 is 2.35 bits per heavy atom. The fourth-order valence-corrected chi connectivity index (χ4v) is 1.96. The van der Waals surface area contributed by atoms with E-state index in [-0.39, 0.29) is 11.2 Å². The van der Waals surface area contributed by atoms with Crippen molar-refractivity contribution in [2.45, 2.75) is 38.9 Å². The van der Waals surface area contributed by atoms with Crippen molar-refractivity contribution in [2.24, 2.45) is 5.73 Å². The lowest BCUT2D eigenvalue weighted by Crippen LogP contribution is -2.41. The highest BCUT2D eigenvalue weighted by molar-refractivity contribution is 6.55. The predicted octanol–water partition coefficient (Wildman–Crippen LogP) is 1.64. The van der Waals surface area contributed by atoms with Gasteiger partial charge < -0.3 is 20.8 Å². The van der Waals surface area contributed by atoms with E-state index in [9.17, 15) is 0 Å². The molecule has 2 rings (SSSR count). The minimum Gasteiger partial charge on any atom is -0.400 e. The van der Waals surface area contributed by atoms with Crippen molar-refractivity contribution in [3.05, 3.63) is 29.4 Å². The zero-order valence-corrected chi connectivity index (χ0v) is 12.5. The minimum atomic E-state index is -0.451. The highest BCUT2D eigenvalue weighted by Crippen LogP contribution is 2.38. The van der Waals surface area contributed by atoms with E-state index >= 15 is 0 Å². The van der Waals surface area contributed by atoms with Gasteiger partial charge in [-0.05, 0) is 51.4 Å². The number of aromatic nitrogens is 1. The van der Waals surface area contributed by atoms with E-state index in [1.165, 1.54) is 0 Å². The first-order valence-electron chi connectivity index (χ1n) is 6.74. The van der Waals surface area contributed by atoms with Gasteiger partial charge in [0, 0.05) is 6.54 Å². The Morgan fingerprint density at radius 1 is 1.25 bits per heavy atom. The lowest BCUT2D eigenvalue weighted by molar-refractivity contribution is 0.00578. The van der Waals surface area contributed by atoms with Gasteiger partial charge in [-0.1, -0.05) is 6.07 Å². The van der Waals surface area contributed by atoms with Gasteiger partial charge in [0.2, 0.25) is 0 Å². The Balaban J connectivity index is 2.26. The molecule has 0 radical (unpaired) electrons. The maximum Gasteiger partial charge on any atom is 0.491 e. The third-order valence-electron chi connectivity index (χ3n) is 3.92. The molecule has 0 amide bonds.